The van der Waals surface area contributed by atoms with Gasteiger partial charge in [0.15, 0.2) is 5.82 Å². The first kappa shape index (κ1) is 59.4. The third-order valence-corrected chi connectivity index (χ3v) is 17.7. The monoisotopic (exact) mass is 1140 g/mol. The second kappa shape index (κ2) is 23.2. The number of phenolic OH excluding ortho intramolecular Hbond substituents is 1. The van der Waals surface area contributed by atoms with Gasteiger partial charge in [-0.1, -0.05) is 45.9 Å². The summed E-state index contributed by atoms with van der Waals surface area (Å²) in [5.74, 6) is -11.3. The van der Waals surface area contributed by atoms with Crippen LogP contribution in [-0.2, 0) is 23.8 Å². The Bertz CT molecular complexity index is 3330. The fourth-order valence-electron chi connectivity index (χ4n) is 12.7. The van der Waals surface area contributed by atoms with Crippen LogP contribution in [0.25, 0.3) is 5.52 Å². The molecule has 1 saturated carbocycles. The maximum atomic E-state index is 16.1. The van der Waals surface area contributed by atoms with E-state index in [9.17, 15) is 44.4 Å². The predicted molar refractivity (Wildman–Crippen MR) is 298 cm³/mol. The van der Waals surface area contributed by atoms with Crippen molar-refractivity contribution in [1.29, 1.82) is 0 Å². The molecule has 2 aromatic heterocycles. The topological polar surface area (TPSA) is 272 Å². The highest BCUT2D eigenvalue weighted by atomic mass is 19.1. The number of rotatable bonds is 9. The number of ether oxygens (including phenoxy) is 4. The number of piperidine rings is 1. The Labute approximate surface area is 474 Å². The molecule has 0 radical (unpaired) electrons. The largest absolute Gasteiger partial charge is 0.507 e. The van der Waals surface area contributed by atoms with Gasteiger partial charge >= 0.3 is 17.7 Å². The van der Waals surface area contributed by atoms with Crippen molar-refractivity contribution in [3.8, 4) is 11.5 Å². The number of carbonyl (C=O) groups is 6. The predicted octanol–water partition coefficient (Wildman–Crippen LogP) is 6.17. The molecule has 5 aliphatic heterocycles. The lowest BCUT2D eigenvalue weighted by atomic mass is 9.78. The lowest BCUT2D eigenvalue weighted by molar-refractivity contribution is -0.160. The van der Waals surface area contributed by atoms with Gasteiger partial charge in [-0.3, -0.25) is 33.2 Å². The summed E-state index contributed by atoms with van der Waals surface area (Å²) in [7, 11) is 1.42. The number of phenols is 1. The van der Waals surface area contributed by atoms with Gasteiger partial charge in [0.2, 0.25) is 11.6 Å². The number of aryl methyl sites for hydroxylation is 1. The van der Waals surface area contributed by atoms with Gasteiger partial charge < -0.3 is 59.8 Å². The molecule has 2 aliphatic carbocycles. The summed E-state index contributed by atoms with van der Waals surface area (Å²) in [5, 5.41) is 51.1. The number of aliphatic hydroxyl groups excluding tert-OH is 2. The van der Waals surface area contributed by atoms with Crippen LogP contribution in [0.4, 0.5) is 10.1 Å². The standard InChI is InChI=1S/C61H74FN5O15/c1-28-12-11-13-29(2)58(75)64-46-49(65-21-17-38(18-22-65)63-25-36-16-20-66(26-36)48-31(4)47-39(37-14-15-37)24-40(60(77)78)59(76)67(47)27-41(48)62)54(73)43-44(53(46)72)52(71)34(7)56-45(43)57(74)61(9,82-56)80-23-19-42(79-10)30(3)55(81-35(8)68)33(6)51(70)32(5)50(28)69/h11-13,19,23-24,27-28,30,32-33,36-38,42,50-51,55,63,69-71H,14-18,20-22,25-26H2,1-10H3,(H,64,75)(H,77,78)/t28-,30+,32+,33+,36?,42-,50-,51+,55+,61-/m0/s1. The van der Waals surface area contributed by atoms with E-state index < -0.39 is 129 Å². The van der Waals surface area contributed by atoms with Crippen LogP contribution >= 0.6 is 0 Å². The van der Waals surface area contributed by atoms with E-state index in [-0.39, 0.29) is 59.1 Å². The highest BCUT2D eigenvalue weighted by Gasteiger charge is 2.53. The van der Waals surface area contributed by atoms with E-state index >= 15 is 14.0 Å². The van der Waals surface area contributed by atoms with Crippen LogP contribution in [0.15, 0.2) is 64.6 Å². The van der Waals surface area contributed by atoms with E-state index in [2.05, 4.69) is 10.6 Å². The van der Waals surface area contributed by atoms with E-state index in [1.165, 1.54) is 59.3 Å². The number of carboxylic acid groups (broad SMARTS) is 1. The van der Waals surface area contributed by atoms with Crippen LogP contribution in [0, 0.1) is 49.3 Å². The number of allylic oxidation sites excluding steroid dienone is 4. The molecule has 3 aromatic rings. The molecule has 440 valence electrons. The summed E-state index contributed by atoms with van der Waals surface area (Å²) < 4.78 is 41.1. The van der Waals surface area contributed by atoms with Gasteiger partial charge in [0.05, 0.1) is 58.7 Å². The molecule has 10 rings (SSSR count). The number of carboxylic acids is 1. The Morgan fingerprint density at radius 2 is 1.56 bits per heavy atom. The van der Waals surface area contributed by atoms with Crippen molar-refractivity contribution in [2.24, 2.45) is 29.6 Å². The van der Waals surface area contributed by atoms with Gasteiger partial charge in [-0.25, -0.2) is 9.18 Å². The number of anilines is 1. The highest BCUT2D eigenvalue weighted by molar-refractivity contribution is 6.32. The Morgan fingerprint density at radius 3 is 2.21 bits per heavy atom. The average Bonchev–Trinajstić information content (AvgIpc) is 1.70. The van der Waals surface area contributed by atoms with Crippen molar-refractivity contribution in [1.82, 2.24) is 19.9 Å². The normalized spacial score (nSPS) is 28.6. The number of aromatic carboxylic acids is 1. The molecule has 7 heterocycles. The third-order valence-electron chi connectivity index (χ3n) is 17.7. The van der Waals surface area contributed by atoms with Gasteiger partial charge in [0.25, 0.3) is 17.2 Å². The highest BCUT2D eigenvalue weighted by Crippen LogP contribution is 2.50. The molecule has 2 saturated heterocycles. The molecule has 82 heavy (non-hydrogen) atoms. The Balaban J connectivity index is 0.989. The summed E-state index contributed by atoms with van der Waals surface area (Å²) in [6.07, 6.45) is 7.74. The average molecular weight is 1140 g/mol. The lowest BCUT2D eigenvalue weighted by Crippen LogP contribution is -2.47. The molecule has 21 heteroatoms. The SMILES string of the molecule is CO[C@H]1C=CO[C@@]2(C)Oc3c(C)c(O)c4c(c3C2=O)C(=O)C(N2CCC(NCC3CCN(c5c(F)cn6c(=O)c(C(=O)O)cc(C7CC7)c6c5C)C3)CC2)=C(NC(=O)C(C)=CC=C[C@H](C)[C@H](O)[C@@H](C)[C@@H](O)[C@@H](C)[C@H](OC(C)=O)[C@@H]1C)C4=O. The molecule has 7 aliphatic rings. The smallest absolute Gasteiger partial charge is 0.341 e. The number of aliphatic hydroxyl groups is 2. The van der Waals surface area contributed by atoms with E-state index in [4.69, 9.17) is 18.9 Å². The van der Waals surface area contributed by atoms with Crippen molar-refractivity contribution < 1.29 is 72.5 Å². The number of likely N-dealkylation sites (tertiary alicyclic amines) is 1. The zero-order valence-electron chi connectivity index (χ0n) is 48.0. The Hall–Kier alpha value is -7.20. The van der Waals surface area contributed by atoms with Crippen LogP contribution in [0.2, 0.25) is 0 Å². The number of fused-ring (bicyclic) bond motifs is 15. The number of hydrogen-bond acceptors (Lipinski definition) is 17. The molecule has 1 unspecified atom stereocenters. The zero-order chi connectivity index (χ0) is 59.5. The molecule has 20 nitrogen and oxygen atoms in total. The number of amides is 1. The van der Waals surface area contributed by atoms with Gasteiger partial charge in [-0.2, -0.15) is 0 Å². The maximum absolute atomic E-state index is 16.1. The van der Waals surface area contributed by atoms with Crippen LogP contribution in [0.3, 0.4) is 0 Å². The van der Waals surface area contributed by atoms with Crippen LogP contribution in [0.1, 0.15) is 145 Å². The summed E-state index contributed by atoms with van der Waals surface area (Å²) >= 11 is 0. The van der Waals surface area contributed by atoms with Crippen molar-refractivity contribution in [2.75, 3.05) is 44.7 Å². The zero-order valence-corrected chi connectivity index (χ0v) is 48.0. The van der Waals surface area contributed by atoms with Gasteiger partial charge in [-0.15, -0.1) is 0 Å². The number of ketones is 3. The number of hydrogen-bond donors (Lipinski definition) is 6. The first-order valence-electron chi connectivity index (χ1n) is 28.2. The summed E-state index contributed by atoms with van der Waals surface area (Å²) in [5.41, 5.74) is -0.634. The van der Waals surface area contributed by atoms with Gasteiger partial charge in [-0.05, 0) is 94.5 Å². The Morgan fingerprint density at radius 1 is 0.878 bits per heavy atom. The third kappa shape index (κ3) is 10.9. The number of esters is 1. The minimum atomic E-state index is -2.14. The molecular formula is C61H74FN5O15. The molecule has 10 atom stereocenters. The molecule has 5 bridgehead atoms. The number of carbonyl (C=O) groups excluding carboxylic acids is 5. The molecule has 6 N–H and O–H groups in total. The van der Waals surface area contributed by atoms with Crippen LogP contribution in [-0.4, -0.2) is 141 Å². The van der Waals surface area contributed by atoms with E-state index in [0.717, 1.165) is 35.4 Å². The number of aromatic nitrogens is 1. The second-order valence-corrected chi connectivity index (χ2v) is 23.4. The summed E-state index contributed by atoms with van der Waals surface area (Å²) in [6.45, 7) is 16.2. The molecule has 1 aromatic carbocycles. The number of nitrogens with one attached hydrogen (secondary N) is 2. The number of halogens is 1. The van der Waals surface area contributed by atoms with Gasteiger partial charge in [0, 0.05) is 88.0 Å². The lowest BCUT2D eigenvalue weighted by Gasteiger charge is -2.38. The van der Waals surface area contributed by atoms with E-state index in [0.29, 0.717) is 49.2 Å². The molecule has 0 spiro atoms. The fourth-order valence-corrected chi connectivity index (χ4v) is 12.7. The van der Waals surface area contributed by atoms with Gasteiger partial charge in [0.1, 0.15) is 34.6 Å². The van der Waals surface area contributed by atoms with Crippen molar-refractivity contribution >= 4 is 46.4 Å². The summed E-state index contributed by atoms with van der Waals surface area (Å²) in [6, 6.07) is 1.38. The van der Waals surface area contributed by atoms with Crippen LogP contribution in [0.5, 0.6) is 11.5 Å². The Kier molecular flexibility index (Phi) is 16.8. The number of pyridine rings is 2. The number of nitrogens with zero attached hydrogens (tertiary/aromatic N) is 3. The number of benzene rings is 1. The van der Waals surface area contributed by atoms with Crippen molar-refractivity contribution in [3.63, 3.8) is 0 Å². The quantitative estimate of drug-likeness (QED) is 0.131. The first-order valence-corrected chi connectivity index (χ1v) is 28.2. The van der Waals surface area contributed by atoms with Crippen molar-refractivity contribution in [3.05, 3.63) is 115 Å². The molecule has 1 amide bonds. The van der Waals surface area contributed by atoms with E-state index in [1.54, 1.807) is 51.7 Å². The van der Waals surface area contributed by atoms with Crippen LogP contribution < -0.4 is 25.8 Å². The number of methoxy groups -OCH3 is 1. The van der Waals surface area contributed by atoms with E-state index in [1.807, 2.05) is 4.90 Å². The van der Waals surface area contributed by atoms with Crippen molar-refractivity contribution in [2.45, 2.75) is 137 Å². The summed E-state index contributed by atoms with van der Waals surface area (Å²) in [4.78, 5) is 101. The number of aromatic hydroxyl groups is 1. The molecule has 3 fully saturated rings. The minimum Gasteiger partial charge on any atom is -0.507 e. The number of Topliss-reactive ketones (excluding diaryl/α,β-unsaturated/α-hetero) is 3. The fraction of sp³-hybridized carbons (Fsp3) is 0.525. The molecular weight excluding hydrogens is 1060 g/mol. The first-order chi connectivity index (χ1) is 38.8. The minimum absolute atomic E-state index is 0.0310. The maximum Gasteiger partial charge on any atom is 0.341 e. The second-order valence-electron chi connectivity index (χ2n) is 23.4.